The molecule has 4 rings (SSSR count). The third-order valence-electron chi connectivity index (χ3n) is 7.29. The van der Waals surface area contributed by atoms with Gasteiger partial charge in [0.15, 0.2) is 5.03 Å². The molecule has 2 heterocycles. The van der Waals surface area contributed by atoms with Crippen LogP contribution in [-0.4, -0.2) is 85.5 Å². The second-order valence-electron chi connectivity index (χ2n) is 10.8. The first-order valence-electron chi connectivity index (χ1n) is 13.4. The number of rotatable bonds is 9. The van der Waals surface area contributed by atoms with E-state index < -0.39 is 32.2 Å². The molecular weight excluding hydrogens is 582 g/mol. The largest absolute Gasteiger partial charge is 0.488 e. The number of likely N-dealkylation sites (N-methyl/N-ethyl adjacent to an activating group) is 1. The predicted octanol–water partition coefficient (Wildman–Crippen LogP) is 2.00. The summed E-state index contributed by atoms with van der Waals surface area (Å²) < 4.78 is 64.1. The summed E-state index contributed by atoms with van der Waals surface area (Å²) in [5, 5.41) is 9.77. The van der Waals surface area contributed by atoms with Crippen molar-refractivity contribution in [3.8, 4) is 5.75 Å². The van der Waals surface area contributed by atoms with Crippen molar-refractivity contribution in [3.63, 3.8) is 0 Å². The van der Waals surface area contributed by atoms with Gasteiger partial charge in [-0.2, -0.15) is 4.31 Å². The van der Waals surface area contributed by atoms with Gasteiger partial charge >= 0.3 is 0 Å². The Balaban J connectivity index is 1.68. The summed E-state index contributed by atoms with van der Waals surface area (Å²) in [6.45, 7) is 5.34. The third kappa shape index (κ3) is 6.94. The SMILES string of the molecule is Cc1ccc(S(=O)(=O)Nc2ccc3c(c2)CC(=O)N([C@@H](C)CO)C[C@@H](C)[C@@H](CN(C)S(=O)(=O)c2cn(C)cn2)O3)cc1. The van der Waals surface area contributed by atoms with E-state index >= 15 is 0 Å². The average Bonchev–Trinajstić information content (AvgIpc) is 3.39. The van der Waals surface area contributed by atoms with Crippen molar-refractivity contribution < 1.29 is 31.5 Å². The Morgan fingerprint density at radius 3 is 2.48 bits per heavy atom. The van der Waals surface area contributed by atoms with Crippen molar-refractivity contribution in [2.24, 2.45) is 13.0 Å². The number of aryl methyl sites for hydroxylation is 2. The monoisotopic (exact) mass is 619 g/mol. The van der Waals surface area contributed by atoms with Gasteiger partial charge in [-0.15, -0.1) is 0 Å². The van der Waals surface area contributed by atoms with Crippen LogP contribution in [-0.2, 0) is 38.3 Å². The fraction of sp³-hybridized carbons (Fsp3) is 0.429. The second-order valence-corrected chi connectivity index (χ2v) is 14.5. The maximum Gasteiger partial charge on any atom is 0.261 e. The molecule has 0 fully saturated rings. The summed E-state index contributed by atoms with van der Waals surface area (Å²) in [5.74, 6) is -0.280. The summed E-state index contributed by atoms with van der Waals surface area (Å²) in [4.78, 5) is 19.1. The zero-order valence-corrected chi connectivity index (χ0v) is 25.9. The molecule has 14 heteroatoms. The number of aliphatic hydroxyl groups excluding tert-OH is 1. The van der Waals surface area contributed by atoms with E-state index in [0.717, 1.165) is 5.56 Å². The number of benzene rings is 2. The molecule has 0 unspecified atom stereocenters. The normalized spacial score (nSPS) is 18.9. The average molecular weight is 620 g/mol. The molecule has 2 N–H and O–H groups in total. The van der Waals surface area contributed by atoms with Crippen molar-refractivity contribution in [3.05, 3.63) is 66.1 Å². The maximum atomic E-state index is 13.5. The van der Waals surface area contributed by atoms with Gasteiger partial charge in [0.1, 0.15) is 11.9 Å². The van der Waals surface area contributed by atoms with Crippen LogP contribution in [0.25, 0.3) is 0 Å². The zero-order chi connectivity index (χ0) is 30.8. The number of fused-ring (bicyclic) bond motifs is 1. The van der Waals surface area contributed by atoms with Gasteiger partial charge in [-0.1, -0.05) is 24.6 Å². The molecular formula is C28H37N5O7S2. The molecule has 0 bridgehead atoms. The number of aromatic nitrogens is 2. The minimum absolute atomic E-state index is 0.0448. The van der Waals surface area contributed by atoms with Crippen LogP contribution in [0.15, 0.2) is 64.9 Å². The standard InChI is InChI=1S/C28H37N5O7S2/c1-19-6-9-24(10-7-19)41(36,37)30-23-8-11-25-22(12-23)13-28(35)33(21(3)17-34)14-20(2)26(40-25)15-32(5)42(38,39)27-16-31(4)18-29-27/h6-12,16,18,20-21,26,30,34H,13-15,17H2,1-5H3/t20-,21+,26-/m1/s1. The second kappa shape index (κ2) is 12.4. The highest BCUT2D eigenvalue weighted by molar-refractivity contribution is 7.92. The van der Waals surface area contributed by atoms with Crippen LogP contribution >= 0.6 is 0 Å². The van der Waals surface area contributed by atoms with Gasteiger partial charge in [0.2, 0.25) is 5.91 Å². The number of carbonyl (C=O) groups excluding carboxylic acids is 1. The summed E-state index contributed by atoms with van der Waals surface area (Å²) >= 11 is 0. The van der Waals surface area contributed by atoms with Gasteiger partial charge in [-0.05, 0) is 44.2 Å². The lowest BCUT2D eigenvalue weighted by molar-refractivity contribution is -0.134. The summed E-state index contributed by atoms with van der Waals surface area (Å²) in [5.41, 5.74) is 1.59. The molecule has 228 valence electrons. The number of nitrogens with zero attached hydrogens (tertiary/aromatic N) is 4. The Morgan fingerprint density at radius 2 is 1.86 bits per heavy atom. The highest BCUT2D eigenvalue weighted by Crippen LogP contribution is 2.30. The molecule has 1 aliphatic heterocycles. The van der Waals surface area contributed by atoms with Crippen molar-refractivity contribution in [2.75, 3.05) is 31.5 Å². The fourth-order valence-corrected chi connectivity index (χ4v) is 6.87. The molecule has 3 aromatic rings. The first-order valence-corrected chi connectivity index (χ1v) is 16.4. The van der Waals surface area contributed by atoms with Crippen LogP contribution < -0.4 is 9.46 Å². The Morgan fingerprint density at radius 1 is 1.17 bits per heavy atom. The molecule has 0 saturated carbocycles. The highest BCUT2D eigenvalue weighted by atomic mass is 32.2. The van der Waals surface area contributed by atoms with Gasteiger partial charge in [0, 0.05) is 44.0 Å². The van der Waals surface area contributed by atoms with E-state index in [9.17, 15) is 26.7 Å². The first kappa shape index (κ1) is 31.5. The number of aliphatic hydroxyl groups is 1. The van der Waals surface area contributed by atoms with Crippen molar-refractivity contribution in [1.82, 2.24) is 18.8 Å². The number of nitrogens with one attached hydrogen (secondary N) is 1. The van der Waals surface area contributed by atoms with Crippen molar-refractivity contribution in [1.29, 1.82) is 0 Å². The number of sulfonamides is 2. The van der Waals surface area contributed by atoms with E-state index in [2.05, 4.69) is 9.71 Å². The molecule has 1 amide bonds. The first-order chi connectivity index (χ1) is 19.7. The number of imidazole rings is 1. The van der Waals surface area contributed by atoms with E-state index in [1.807, 2.05) is 13.8 Å². The van der Waals surface area contributed by atoms with Gasteiger partial charge < -0.3 is 19.3 Å². The lowest BCUT2D eigenvalue weighted by atomic mass is 10.0. The summed E-state index contributed by atoms with van der Waals surface area (Å²) in [7, 11) is -4.71. The highest BCUT2D eigenvalue weighted by Gasteiger charge is 2.34. The quantitative estimate of drug-likeness (QED) is 0.369. The number of amides is 1. The maximum absolute atomic E-state index is 13.5. The minimum Gasteiger partial charge on any atom is -0.488 e. The van der Waals surface area contributed by atoms with Crippen LogP contribution in [0.1, 0.15) is 25.0 Å². The van der Waals surface area contributed by atoms with Gasteiger partial charge in [0.05, 0.1) is 36.8 Å². The number of hydrogen-bond donors (Lipinski definition) is 2. The smallest absolute Gasteiger partial charge is 0.261 e. The zero-order valence-electron chi connectivity index (χ0n) is 24.3. The lowest BCUT2D eigenvalue weighted by Gasteiger charge is -2.33. The molecule has 0 aliphatic carbocycles. The van der Waals surface area contributed by atoms with E-state index in [1.54, 1.807) is 47.7 Å². The Kier molecular flexibility index (Phi) is 9.30. The van der Waals surface area contributed by atoms with Gasteiger partial charge in [-0.25, -0.2) is 21.8 Å². The molecule has 1 aliphatic rings. The number of carbonyl (C=O) groups is 1. The molecule has 42 heavy (non-hydrogen) atoms. The molecule has 0 saturated heterocycles. The Bertz CT molecular complexity index is 1640. The van der Waals surface area contributed by atoms with E-state index in [1.165, 1.54) is 42.1 Å². The van der Waals surface area contributed by atoms with Crippen LogP contribution in [0, 0.1) is 12.8 Å². The predicted molar refractivity (Wildman–Crippen MR) is 157 cm³/mol. The Labute approximate surface area is 247 Å². The lowest BCUT2D eigenvalue weighted by Crippen LogP contribution is -2.48. The molecule has 2 aromatic carbocycles. The molecule has 12 nitrogen and oxygen atoms in total. The van der Waals surface area contributed by atoms with Crippen molar-refractivity contribution in [2.45, 2.75) is 49.3 Å². The summed E-state index contributed by atoms with van der Waals surface area (Å²) in [6.07, 6.45) is 2.01. The molecule has 3 atom stereocenters. The van der Waals surface area contributed by atoms with Gasteiger partial charge in [0.25, 0.3) is 20.0 Å². The van der Waals surface area contributed by atoms with E-state index in [4.69, 9.17) is 4.74 Å². The van der Waals surface area contributed by atoms with E-state index in [0.29, 0.717) is 11.3 Å². The van der Waals surface area contributed by atoms with Crippen LogP contribution in [0.4, 0.5) is 5.69 Å². The number of ether oxygens (including phenoxy) is 1. The summed E-state index contributed by atoms with van der Waals surface area (Å²) in [6, 6.07) is 10.6. The number of hydrogen-bond acceptors (Lipinski definition) is 8. The fourth-order valence-electron chi connectivity index (χ4n) is 4.68. The molecule has 0 spiro atoms. The molecule has 1 aromatic heterocycles. The molecule has 0 radical (unpaired) electrons. The van der Waals surface area contributed by atoms with Crippen LogP contribution in [0.3, 0.4) is 0 Å². The minimum atomic E-state index is -3.93. The van der Waals surface area contributed by atoms with E-state index in [-0.39, 0.29) is 53.6 Å². The van der Waals surface area contributed by atoms with Crippen LogP contribution in [0.2, 0.25) is 0 Å². The van der Waals surface area contributed by atoms with Crippen molar-refractivity contribution >= 4 is 31.6 Å². The Hall–Kier alpha value is -3.46. The topological polar surface area (TPSA) is 151 Å². The van der Waals surface area contributed by atoms with Crippen LogP contribution in [0.5, 0.6) is 5.75 Å². The van der Waals surface area contributed by atoms with Gasteiger partial charge in [-0.3, -0.25) is 9.52 Å². The number of anilines is 1. The third-order valence-corrected chi connectivity index (χ3v) is 10.4.